The summed E-state index contributed by atoms with van der Waals surface area (Å²) in [4.78, 5) is 14.5. The molecule has 0 aliphatic rings. The number of amides is 1. The van der Waals surface area contributed by atoms with Crippen molar-refractivity contribution in [3.63, 3.8) is 0 Å². The van der Waals surface area contributed by atoms with Gasteiger partial charge < -0.3 is 10.2 Å². The van der Waals surface area contributed by atoms with Gasteiger partial charge in [0, 0.05) is 18.6 Å². The maximum absolute atomic E-state index is 12.6. The molecule has 0 saturated carbocycles. The molecule has 1 heterocycles. The van der Waals surface area contributed by atoms with Gasteiger partial charge in [0.15, 0.2) is 4.34 Å². The summed E-state index contributed by atoms with van der Waals surface area (Å²) < 4.78 is 0.835. The fourth-order valence-corrected chi connectivity index (χ4v) is 4.06. The molecule has 0 aliphatic heterocycles. The molecule has 1 atom stereocenters. The normalized spacial score (nSPS) is 12.8. The summed E-state index contributed by atoms with van der Waals surface area (Å²) >= 11 is 2.99. The molecule has 1 aromatic heterocycles. The number of nitrogens with zero attached hydrogens (tertiary/aromatic N) is 3. The van der Waals surface area contributed by atoms with Gasteiger partial charge in [-0.3, -0.25) is 4.79 Å². The Morgan fingerprint density at radius 1 is 1.24 bits per heavy atom. The number of nitrogens with one attached hydrogen (secondary N) is 1. The van der Waals surface area contributed by atoms with Crippen molar-refractivity contribution < 1.29 is 4.79 Å². The van der Waals surface area contributed by atoms with E-state index in [0.29, 0.717) is 0 Å². The summed E-state index contributed by atoms with van der Waals surface area (Å²) in [7, 11) is 0. The van der Waals surface area contributed by atoms with Crippen molar-refractivity contribution in [3.05, 3.63) is 0 Å². The third-order valence-electron chi connectivity index (χ3n) is 2.93. The molecule has 0 saturated heterocycles. The van der Waals surface area contributed by atoms with Gasteiger partial charge in [-0.15, -0.1) is 10.2 Å². The molecular weight excluding hydrogens is 304 g/mol. The highest BCUT2D eigenvalue weighted by Gasteiger charge is 2.26. The van der Waals surface area contributed by atoms with Crippen molar-refractivity contribution >= 4 is 34.1 Å². The van der Waals surface area contributed by atoms with E-state index in [1.54, 1.807) is 0 Å². The van der Waals surface area contributed by atoms with Crippen LogP contribution >= 0.6 is 23.1 Å². The number of rotatable bonds is 8. The minimum atomic E-state index is -0.151. The molecule has 5 nitrogen and oxygen atoms in total. The average molecular weight is 331 g/mol. The van der Waals surface area contributed by atoms with E-state index in [4.69, 9.17) is 0 Å². The number of aromatic nitrogens is 2. The molecular formula is C14H26N4OS2. The highest BCUT2D eigenvalue weighted by Crippen LogP contribution is 2.30. The topological polar surface area (TPSA) is 58.1 Å². The summed E-state index contributed by atoms with van der Waals surface area (Å²) in [5, 5.41) is 12.1. The molecule has 0 aromatic carbocycles. The van der Waals surface area contributed by atoms with E-state index in [0.717, 1.165) is 22.4 Å². The minimum Gasteiger partial charge on any atom is -0.360 e. The lowest BCUT2D eigenvalue weighted by atomic mass is 10.2. The zero-order valence-electron chi connectivity index (χ0n) is 13.7. The lowest BCUT2D eigenvalue weighted by molar-refractivity contribution is -0.133. The largest absolute Gasteiger partial charge is 0.360 e. The van der Waals surface area contributed by atoms with Crippen LogP contribution in [0.3, 0.4) is 0 Å². The standard InChI is InChI=1S/C14H26N4OS2/c1-7-8-15-13-16-17-14(21-13)20-11(6)12(19)18(9(2)3)10(4)5/h9-11H,7-8H2,1-6H3,(H,15,16). The summed E-state index contributed by atoms with van der Waals surface area (Å²) in [6, 6.07) is 0.411. The smallest absolute Gasteiger partial charge is 0.236 e. The summed E-state index contributed by atoms with van der Waals surface area (Å²) in [5.74, 6) is 0.156. The van der Waals surface area contributed by atoms with Crippen LogP contribution in [0.25, 0.3) is 0 Å². The number of carbonyl (C=O) groups excluding carboxylic acids is 1. The van der Waals surface area contributed by atoms with Crippen molar-refractivity contribution in [1.29, 1.82) is 0 Å². The molecule has 1 rings (SSSR count). The predicted molar refractivity (Wildman–Crippen MR) is 91.1 cm³/mol. The quantitative estimate of drug-likeness (QED) is 0.739. The number of thioether (sulfide) groups is 1. The molecule has 1 aromatic rings. The highest BCUT2D eigenvalue weighted by molar-refractivity contribution is 8.02. The third kappa shape index (κ3) is 5.47. The van der Waals surface area contributed by atoms with Crippen LogP contribution in [0.4, 0.5) is 5.13 Å². The molecule has 120 valence electrons. The van der Waals surface area contributed by atoms with Gasteiger partial charge in [-0.2, -0.15) is 0 Å². The molecule has 0 bridgehead atoms. The van der Waals surface area contributed by atoms with Crippen molar-refractivity contribution in [2.45, 2.75) is 69.6 Å². The summed E-state index contributed by atoms with van der Waals surface area (Å²) in [6.07, 6.45) is 1.05. The zero-order valence-corrected chi connectivity index (χ0v) is 15.3. The van der Waals surface area contributed by atoms with Crippen molar-refractivity contribution in [2.24, 2.45) is 0 Å². The SMILES string of the molecule is CCCNc1nnc(SC(C)C(=O)N(C(C)C)C(C)C)s1. The first kappa shape index (κ1) is 18.2. The van der Waals surface area contributed by atoms with Crippen LogP contribution in [-0.4, -0.2) is 44.9 Å². The third-order valence-corrected chi connectivity index (χ3v) is 4.98. The van der Waals surface area contributed by atoms with Crippen molar-refractivity contribution in [2.75, 3.05) is 11.9 Å². The van der Waals surface area contributed by atoms with Crippen LogP contribution in [0.1, 0.15) is 48.0 Å². The molecule has 7 heteroatoms. The fourth-order valence-electron chi connectivity index (χ4n) is 2.08. The lowest BCUT2D eigenvalue weighted by Crippen LogP contribution is -2.45. The Bertz CT molecular complexity index is 440. The Morgan fingerprint density at radius 2 is 1.86 bits per heavy atom. The number of hydrogen-bond donors (Lipinski definition) is 1. The lowest BCUT2D eigenvalue weighted by Gasteiger charge is -2.32. The second-order valence-electron chi connectivity index (χ2n) is 5.49. The van der Waals surface area contributed by atoms with Gasteiger partial charge in [-0.05, 0) is 41.0 Å². The van der Waals surface area contributed by atoms with Crippen molar-refractivity contribution in [1.82, 2.24) is 15.1 Å². The van der Waals surface area contributed by atoms with Gasteiger partial charge in [0.05, 0.1) is 5.25 Å². The van der Waals surface area contributed by atoms with Gasteiger partial charge in [-0.1, -0.05) is 30.0 Å². The van der Waals surface area contributed by atoms with Gasteiger partial charge in [0.25, 0.3) is 0 Å². The van der Waals surface area contributed by atoms with E-state index < -0.39 is 0 Å². The van der Waals surface area contributed by atoms with Crippen LogP contribution in [-0.2, 0) is 4.79 Å². The van der Waals surface area contributed by atoms with Gasteiger partial charge in [-0.25, -0.2) is 0 Å². The maximum Gasteiger partial charge on any atom is 0.236 e. The Labute approximate surface area is 135 Å². The monoisotopic (exact) mass is 330 g/mol. The van der Waals surface area contributed by atoms with E-state index in [1.807, 2.05) is 39.5 Å². The number of hydrogen-bond acceptors (Lipinski definition) is 6. The fraction of sp³-hybridized carbons (Fsp3) is 0.786. The number of anilines is 1. The molecule has 1 N–H and O–H groups in total. The van der Waals surface area contributed by atoms with Crippen molar-refractivity contribution in [3.8, 4) is 0 Å². The summed E-state index contributed by atoms with van der Waals surface area (Å²) in [6.45, 7) is 13.1. The summed E-state index contributed by atoms with van der Waals surface area (Å²) in [5.41, 5.74) is 0. The maximum atomic E-state index is 12.6. The minimum absolute atomic E-state index is 0.151. The molecule has 0 fully saturated rings. The molecule has 21 heavy (non-hydrogen) atoms. The first-order valence-corrected chi connectivity index (χ1v) is 9.12. The predicted octanol–water partition coefficient (Wildman–Crippen LogP) is 3.49. The Hall–Kier alpha value is -0.820. The van der Waals surface area contributed by atoms with E-state index in [-0.39, 0.29) is 23.2 Å². The molecule has 0 spiro atoms. The van der Waals surface area contributed by atoms with Crippen LogP contribution in [0, 0.1) is 0 Å². The number of carbonyl (C=O) groups is 1. The first-order valence-electron chi connectivity index (χ1n) is 7.43. The Morgan fingerprint density at radius 3 is 2.38 bits per heavy atom. The van der Waals surface area contributed by atoms with Gasteiger partial charge >= 0.3 is 0 Å². The average Bonchev–Trinajstić information content (AvgIpc) is 2.82. The molecule has 0 radical (unpaired) electrons. The molecule has 1 unspecified atom stereocenters. The molecule has 0 aliphatic carbocycles. The van der Waals surface area contributed by atoms with E-state index in [2.05, 4.69) is 22.4 Å². The second kappa shape index (κ2) is 8.58. The van der Waals surface area contributed by atoms with Crippen LogP contribution in [0.2, 0.25) is 0 Å². The van der Waals surface area contributed by atoms with Crippen LogP contribution in [0.15, 0.2) is 4.34 Å². The highest BCUT2D eigenvalue weighted by atomic mass is 32.2. The Kier molecular flexibility index (Phi) is 7.45. The van der Waals surface area contributed by atoms with E-state index in [1.165, 1.54) is 23.1 Å². The first-order chi connectivity index (χ1) is 9.86. The van der Waals surface area contributed by atoms with Crippen LogP contribution in [0.5, 0.6) is 0 Å². The Balaban J connectivity index is 2.64. The zero-order chi connectivity index (χ0) is 16.0. The van der Waals surface area contributed by atoms with Gasteiger partial charge in [0.1, 0.15) is 0 Å². The van der Waals surface area contributed by atoms with E-state index in [9.17, 15) is 4.79 Å². The van der Waals surface area contributed by atoms with Crippen LogP contribution < -0.4 is 5.32 Å². The molecule has 1 amide bonds. The van der Waals surface area contributed by atoms with Gasteiger partial charge in [0.2, 0.25) is 11.0 Å². The van der Waals surface area contributed by atoms with E-state index >= 15 is 0 Å². The second-order valence-corrected chi connectivity index (χ2v) is 8.06.